The first-order valence-electron chi connectivity index (χ1n) is 15.5. The number of fused-ring (bicyclic) bond motifs is 1. The third-order valence-electron chi connectivity index (χ3n) is 8.56. The predicted octanol–water partition coefficient (Wildman–Crippen LogP) is 7.20. The molecular weight excluding hydrogens is 641 g/mol. The van der Waals surface area contributed by atoms with Crippen LogP contribution in [0.1, 0.15) is 55.9 Å². The lowest BCUT2D eigenvalue weighted by molar-refractivity contribution is -0.130. The summed E-state index contributed by atoms with van der Waals surface area (Å²) in [6.07, 6.45) is 1.29. The molecule has 1 amide bonds. The number of carbonyl (C=O) groups excluding carboxylic acids is 1. The van der Waals surface area contributed by atoms with E-state index in [2.05, 4.69) is 21.9 Å². The zero-order chi connectivity index (χ0) is 34.5. The van der Waals surface area contributed by atoms with E-state index in [9.17, 15) is 13.9 Å². The Balaban J connectivity index is 1.78. The number of amidine groups is 1. The minimum Gasteiger partial charge on any atom is -0.398 e. The van der Waals surface area contributed by atoms with Crippen LogP contribution in [0, 0.1) is 12.7 Å². The van der Waals surface area contributed by atoms with E-state index in [-0.39, 0.29) is 57.5 Å². The third kappa shape index (κ3) is 6.44. The van der Waals surface area contributed by atoms with E-state index in [4.69, 9.17) is 22.3 Å². The van der Waals surface area contributed by atoms with Gasteiger partial charge in [0.25, 0.3) is 0 Å². The molecule has 3 aromatic rings. The van der Waals surface area contributed by atoms with Gasteiger partial charge in [0.1, 0.15) is 5.82 Å². The monoisotopic (exact) mass is 683 g/mol. The number of anilines is 3. The fourth-order valence-corrected chi connectivity index (χ4v) is 8.05. The number of aromatic nitrogens is 1. The van der Waals surface area contributed by atoms with Crippen LogP contribution in [0.3, 0.4) is 0 Å². The summed E-state index contributed by atoms with van der Waals surface area (Å²) in [5.41, 5.74) is 10.2. The zero-order valence-corrected chi connectivity index (χ0v) is 29.4. The molecule has 0 saturated carbocycles. The Kier molecular flexibility index (Phi) is 9.64. The first kappa shape index (κ1) is 34.6. The number of rotatable bonds is 6. The van der Waals surface area contributed by atoms with Gasteiger partial charge in [0.2, 0.25) is 5.91 Å². The number of amides is 1. The van der Waals surface area contributed by atoms with Crippen LogP contribution in [0.25, 0.3) is 11.3 Å². The lowest BCUT2D eigenvalue weighted by atomic mass is 9.94. The van der Waals surface area contributed by atoms with Crippen molar-refractivity contribution in [1.82, 2.24) is 19.7 Å². The van der Waals surface area contributed by atoms with Crippen LogP contribution in [-0.2, 0) is 11.3 Å². The predicted molar refractivity (Wildman–Crippen MR) is 191 cm³/mol. The SMILES string of the molecule is C=CC(=O)N1C[C@H](C)N(C2=NS(O)(O)N(c3c(C)cc(CN(C)C)cc3C(C)C)c3nc(-c4c(N)cccc4F)c(Cl)cc32)C[C@H]1C. The Morgan fingerprint density at radius 2 is 1.91 bits per heavy atom. The average molecular weight is 684 g/mol. The van der Waals surface area contributed by atoms with Crippen molar-refractivity contribution in [2.24, 2.45) is 4.40 Å². The number of carbonyl (C=O) groups is 1. The van der Waals surface area contributed by atoms with Gasteiger partial charge in [-0.3, -0.25) is 13.9 Å². The zero-order valence-electron chi connectivity index (χ0n) is 27.8. The molecule has 0 aliphatic carbocycles. The Morgan fingerprint density at radius 3 is 2.53 bits per heavy atom. The molecule has 1 saturated heterocycles. The van der Waals surface area contributed by atoms with Crippen molar-refractivity contribution in [3.63, 3.8) is 0 Å². The second kappa shape index (κ2) is 13.1. The summed E-state index contributed by atoms with van der Waals surface area (Å²) in [6.45, 7) is 14.9. The summed E-state index contributed by atoms with van der Waals surface area (Å²) < 4.78 is 45.4. The van der Waals surface area contributed by atoms with Crippen LogP contribution in [0.15, 0.2) is 53.5 Å². The van der Waals surface area contributed by atoms with Gasteiger partial charge in [-0.25, -0.2) is 13.7 Å². The lowest BCUT2D eigenvalue weighted by Crippen LogP contribution is -2.59. The Hall–Kier alpha value is -3.68. The molecule has 5 rings (SSSR count). The fraction of sp³-hybridized carbons (Fsp3) is 0.382. The van der Waals surface area contributed by atoms with Gasteiger partial charge in [0.15, 0.2) is 11.7 Å². The van der Waals surface area contributed by atoms with Gasteiger partial charge >= 0.3 is 0 Å². The maximum Gasteiger partial charge on any atom is 0.246 e. The first-order chi connectivity index (χ1) is 22.0. The van der Waals surface area contributed by atoms with Gasteiger partial charge in [-0.2, -0.15) is 0 Å². The summed E-state index contributed by atoms with van der Waals surface area (Å²) in [5, 5.41) is 0.120. The highest BCUT2D eigenvalue weighted by atomic mass is 35.5. The van der Waals surface area contributed by atoms with Crippen molar-refractivity contribution < 1.29 is 18.3 Å². The second-order valence-corrected chi connectivity index (χ2v) is 14.8. The van der Waals surface area contributed by atoms with Crippen LogP contribution in [0.5, 0.6) is 0 Å². The highest BCUT2D eigenvalue weighted by molar-refractivity contribution is 8.24. The van der Waals surface area contributed by atoms with E-state index < -0.39 is 16.8 Å². The normalized spacial score (nSPS) is 19.9. The fourth-order valence-electron chi connectivity index (χ4n) is 6.43. The maximum absolute atomic E-state index is 15.3. The maximum atomic E-state index is 15.3. The number of hydrogen-bond acceptors (Lipinski definition) is 9. The van der Waals surface area contributed by atoms with Gasteiger partial charge in [0.05, 0.1) is 27.5 Å². The first-order valence-corrected chi connectivity index (χ1v) is 17.3. The molecule has 0 bridgehead atoms. The lowest BCUT2D eigenvalue weighted by Gasteiger charge is -2.49. The van der Waals surface area contributed by atoms with E-state index in [1.807, 2.05) is 59.7 Å². The number of pyridine rings is 1. The van der Waals surface area contributed by atoms with Crippen molar-refractivity contribution in [2.45, 2.75) is 59.2 Å². The molecule has 2 aliphatic rings. The number of aryl methyl sites for hydroxylation is 1. The molecule has 13 heteroatoms. The minimum atomic E-state index is -3.97. The molecule has 1 fully saturated rings. The summed E-state index contributed by atoms with van der Waals surface area (Å²) in [6, 6.07) is 9.55. The van der Waals surface area contributed by atoms with Gasteiger partial charge in [0, 0.05) is 37.4 Å². The van der Waals surface area contributed by atoms with E-state index >= 15 is 4.39 Å². The molecule has 2 atom stereocenters. The van der Waals surface area contributed by atoms with Crippen LogP contribution >= 0.6 is 22.6 Å². The number of nitrogens with two attached hydrogens (primary N) is 1. The number of nitrogens with zero attached hydrogens (tertiary/aromatic N) is 6. The molecule has 252 valence electrons. The largest absolute Gasteiger partial charge is 0.398 e. The van der Waals surface area contributed by atoms with E-state index in [0.29, 0.717) is 30.9 Å². The van der Waals surface area contributed by atoms with Crippen molar-refractivity contribution in [1.29, 1.82) is 0 Å². The Labute approximate surface area is 283 Å². The van der Waals surface area contributed by atoms with Crippen LogP contribution < -0.4 is 10.0 Å². The summed E-state index contributed by atoms with van der Waals surface area (Å²) in [7, 11) is 0.0129. The molecule has 4 N–H and O–H groups in total. The molecule has 47 heavy (non-hydrogen) atoms. The quantitative estimate of drug-likeness (QED) is 0.184. The molecule has 0 unspecified atom stereocenters. The number of hydrogen-bond donors (Lipinski definition) is 3. The molecule has 10 nitrogen and oxygen atoms in total. The average Bonchev–Trinajstić information content (AvgIpc) is 2.97. The number of benzene rings is 2. The topological polar surface area (TPSA) is 122 Å². The summed E-state index contributed by atoms with van der Waals surface area (Å²) >= 11 is 6.88. The molecule has 3 heterocycles. The smallest absolute Gasteiger partial charge is 0.246 e. The van der Waals surface area contributed by atoms with Crippen LogP contribution in [-0.4, -0.2) is 79.8 Å². The van der Waals surface area contributed by atoms with Crippen molar-refractivity contribution in [3.8, 4) is 11.3 Å². The highest BCUT2D eigenvalue weighted by Crippen LogP contribution is 2.59. The standard InChI is InChI=1S/C34H43ClFN7O3S/c1-9-29(44)41-16-22(6)42(17-21(41)5)34-25-15-26(35)31(30-27(36)11-10-12-28(30)37)38-33(25)43(47(45,46)39-34)32-20(4)13-23(18-40(7)8)14-24(32)19(2)3/h9-15,19,21-22,45-46H,1,16-18,37H2,2-8H3/t21-,22+/m1/s1. The van der Waals surface area contributed by atoms with Gasteiger partial charge in [-0.05, 0) is 92.7 Å². The van der Waals surface area contributed by atoms with Crippen molar-refractivity contribution in [3.05, 3.63) is 82.1 Å². The molecule has 2 aromatic carbocycles. The van der Waals surface area contributed by atoms with Gasteiger partial charge < -0.3 is 20.4 Å². The highest BCUT2D eigenvalue weighted by Gasteiger charge is 2.43. The van der Waals surface area contributed by atoms with E-state index in [1.54, 1.807) is 17.0 Å². The van der Waals surface area contributed by atoms with Crippen molar-refractivity contribution in [2.75, 3.05) is 37.2 Å². The second-order valence-electron chi connectivity index (χ2n) is 12.9. The number of piperazine rings is 1. The van der Waals surface area contributed by atoms with Gasteiger partial charge in [-0.15, -0.1) is 4.40 Å². The molecule has 0 spiro atoms. The molecule has 1 aromatic heterocycles. The Bertz CT molecular complexity index is 1750. The van der Waals surface area contributed by atoms with Crippen LogP contribution in [0.2, 0.25) is 5.02 Å². The Morgan fingerprint density at radius 1 is 1.21 bits per heavy atom. The van der Waals surface area contributed by atoms with E-state index in [1.165, 1.54) is 22.5 Å². The summed E-state index contributed by atoms with van der Waals surface area (Å²) in [4.78, 5) is 23.2. The van der Waals surface area contributed by atoms with E-state index in [0.717, 1.165) is 16.7 Å². The van der Waals surface area contributed by atoms with Gasteiger partial charge in [-0.1, -0.05) is 50.2 Å². The minimum absolute atomic E-state index is 0.0137. The number of halogens is 2. The van der Waals surface area contributed by atoms with Crippen molar-refractivity contribution >= 4 is 51.5 Å². The summed E-state index contributed by atoms with van der Waals surface area (Å²) in [5.74, 6) is -0.375. The van der Waals surface area contributed by atoms with Crippen LogP contribution in [0.4, 0.5) is 21.6 Å². The molecule has 2 aliphatic heterocycles. The molecule has 0 radical (unpaired) electrons. The molecular formula is C34H43ClFN7O3S. The third-order valence-corrected chi connectivity index (χ3v) is 10.1. The number of nitrogen functional groups attached to an aromatic ring is 1.